The summed E-state index contributed by atoms with van der Waals surface area (Å²) in [5.74, 6) is 0.860. The third-order valence-corrected chi connectivity index (χ3v) is 4.51. The molecule has 2 rings (SSSR count). The van der Waals surface area contributed by atoms with Crippen molar-refractivity contribution in [3.05, 3.63) is 63.6 Å². The van der Waals surface area contributed by atoms with Crippen LogP contribution >= 0.6 is 31.9 Å². The molecule has 0 radical (unpaired) electrons. The van der Waals surface area contributed by atoms with Gasteiger partial charge in [0.2, 0.25) is 0 Å². The van der Waals surface area contributed by atoms with E-state index in [0.717, 1.165) is 16.6 Å². The van der Waals surface area contributed by atoms with Gasteiger partial charge in [-0.05, 0) is 52.5 Å². The van der Waals surface area contributed by atoms with Gasteiger partial charge in [-0.15, -0.1) is 0 Å². The van der Waals surface area contributed by atoms with Gasteiger partial charge >= 0.3 is 0 Å². The van der Waals surface area contributed by atoms with E-state index in [9.17, 15) is 0 Å². The number of aryl methyl sites for hydroxylation is 1. The average molecular weight is 384 g/mol. The number of methoxy groups -OCH3 is 1. The van der Waals surface area contributed by atoms with E-state index in [1.807, 2.05) is 6.07 Å². The largest absolute Gasteiger partial charge is 0.496 e. The van der Waals surface area contributed by atoms with Crippen LogP contribution in [0.5, 0.6) is 5.75 Å². The van der Waals surface area contributed by atoms with Crippen molar-refractivity contribution in [3.63, 3.8) is 0 Å². The second kappa shape index (κ2) is 6.58. The van der Waals surface area contributed by atoms with Crippen LogP contribution in [-0.2, 0) is 6.42 Å². The first-order valence-corrected chi connectivity index (χ1v) is 7.84. The molecule has 0 heterocycles. The van der Waals surface area contributed by atoms with Gasteiger partial charge in [0.05, 0.1) is 11.6 Å². The second-order valence-electron chi connectivity index (χ2n) is 4.55. The van der Waals surface area contributed by atoms with Gasteiger partial charge < -0.3 is 4.74 Å². The predicted molar refractivity (Wildman–Crippen MR) is 87.2 cm³/mol. The minimum Gasteiger partial charge on any atom is -0.496 e. The molecular weight excluding hydrogens is 368 g/mol. The molecular formula is C16H16Br2O. The molecule has 0 saturated carbocycles. The van der Waals surface area contributed by atoms with Crippen molar-refractivity contribution in [2.24, 2.45) is 0 Å². The first-order chi connectivity index (χ1) is 9.10. The van der Waals surface area contributed by atoms with Crippen LogP contribution in [0, 0.1) is 6.92 Å². The van der Waals surface area contributed by atoms with Crippen LogP contribution in [0.2, 0.25) is 0 Å². The van der Waals surface area contributed by atoms with E-state index in [4.69, 9.17) is 4.74 Å². The molecule has 0 spiro atoms. The number of rotatable bonds is 4. The molecule has 0 bridgehead atoms. The summed E-state index contributed by atoms with van der Waals surface area (Å²) in [5.41, 5.74) is 3.89. The summed E-state index contributed by atoms with van der Waals surface area (Å²) in [4.78, 5) is 0.302. The summed E-state index contributed by atoms with van der Waals surface area (Å²) in [6, 6.07) is 14.8. The Hall–Kier alpha value is -0.800. The molecule has 0 N–H and O–H groups in total. The molecule has 0 aliphatic carbocycles. The lowest BCUT2D eigenvalue weighted by Gasteiger charge is -2.13. The summed E-state index contributed by atoms with van der Waals surface area (Å²) in [6.45, 7) is 2.12. The normalized spacial score (nSPS) is 12.2. The van der Waals surface area contributed by atoms with Gasteiger partial charge in [-0.2, -0.15) is 0 Å². The summed E-state index contributed by atoms with van der Waals surface area (Å²) in [7, 11) is 1.68. The Labute approximate surface area is 131 Å². The minimum absolute atomic E-state index is 0.302. The fourth-order valence-electron chi connectivity index (χ4n) is 2.04. The summed E-state index contributed by atoms with van der Waals surface area (Å²) in [6.07, 6.45) is 0.973. The highest BCUT2D eigenvalue weighted by molar-refractivity contribution is 9.10. The maximum Gasteiger partial charge on any atom is 0.133 e. The van der Waals surface area contributed by atoms with E-state index >= 15 is 0 Å². The molecule has 0 aliphatic heterocycles. The van der Waals surface area contributed by atoms with E-state index in [1.165, 1.54) is 16.7 Å². The highest BCUT2D eigenvalue weighted by Crippen LogP contribution is 2.33. The lowest BCUT2D eigenvalue weighted by Crippen LogP contribution is -1.96. The second-order valence-corrected chi connectivity index (χ2v) is 6.51. The maximum atomic E-state index is 5.25. The Morgan fingerprint density at radius 2 is 1.95 bits per heavy atom. The fourth-order valence-corrected chi connectivity index (χ4v) is 3.26. The van der Waals surface area contributed by atoms with E-state index in [2.05, 4.69) is 75.2 Å². The standard InChI is InChI=1S/C16H16Br2O/c1-11-4-3-5-12(8-11)9-14(17)13-6-7-16(19-2)15(18)10-13/h3-8,10,14H,9H2,1-2H3. The number of benzene rings is 2. The monoisotopic (exact) mass is 382 g/mol. The van der Waals surface area contributed by atoms with E-state index in [1.54, 1.807) is 7.11 Å². The van der Waals surface area contributed by atoms with Crippen LogP contribution in [0.15, 0.2) is 46.9 Å². The molecule has 0 amide bonds. The first kappa shape index (κ1) is 14.6. The summed E-state index contributed by atoms with van der Waals surface area (Å²) in [5, 5.41) is 0. The Morgan fingerprint density at radius 3 is 2.58 bits per heavy atom. The van der Waals surface area contributed by atoms with Gasteiger partial charge in [-0.25, -0.2) is 0 Å². The maximum absolute atomic E-state index is 5.25. The zero-order valence-corrected chi connectivity index (χ0v) is 14.2. The van der Waals surface area contributed by atoms with Gasteiger partial charge in [0.15, 0.2) is 0 Å². The van der Waals surface area contributed by atoms with Crippen molar-refractivity contribution in [2.75, 3.05) is 7.11 Å². The third-order valence-electron chi connectivity index (χ3n) is 3.03. The average Bonchev–Trinajstić information content (AvgIpc) is 2.38. The lowest BCUT2D eigenvalue weighted by atomic mass is 10.0. The molecule has 1 unspecified atom stereocenters. The van der Waals surface area contributed by atoms with Crippen molar-refractivity contribution < 1.29 is 4.74 Å². The topological polar surface area (TPSA) is 9.23 Å². The molecule has 19 heavy (non-hydrogen) atoms. The van der Waals surface area contributed by atoms with E-state index in [0.29, 0.717) is 4.83 Å². The molecule has 0 saturated heterocycles. The SMILES string of the molecule is COc1ccc(C(Br)Cc2cccc(C)c2)cc1Br. The molecule has 1 atom stereocenters. The minimum atomic E-state index is 0.302. The highest BCUT2D eigenvalue weighted by atomic mass is 79.9. The Bertz CT molecular complexity index is 566. The molecule has 0 aromatic heterocycles. The Kier molecular flexibility index (Phi) is 5.06. The van der Waals surface area contributed by atoms with Crippen LogP contribution in [0.1, 0.15) is 21.5 Å². The van der Waals surface area contributed by atoms with Crippen molar-refractivity contribution >= 4 is 31.9 Å². The summed E-state index contributed by atoms with van der Waals surface area (Å²) < 4.78 is 6.24. The van der Waals surface area contributed by atoms with E-state index in [-0.39, 0.29) is 0 Å². The highest BCUT2D eigenvalue weighted by Gasteiger charge is 2.11. The Balaban J connectivity index is 2.15. The van der Waals surface area contributed by atoms with Gasteiger partial charge in [0.25, 0.3) is 0 Å². The third kappa shape index (κ3) is 3.83. The van der Waals surface area contributed by atoms with E-state index < -0.39 is 0 Å². The number of ether oxygens (including phenoxy) is 1. The molecule has 3 heteroatoms. The van der Waals surface area contributed by atoms with Crippen molar-refractivity contribution in [2.45, 2.75) is 18.2 Å². The molecule has 1 nitrogen and oxygen atoms in total. The summed E-state index contributed by atoms with van der Waals surface area (Å²) >= 11 is 7.29. The van der Waals surface area contributed by atoms with Crippen LogP contribution in [0.4, 0.5) is 0 Å². The number of hydrogen-bond donors (Lipinski definition) is 0. The zero-order valence-electron chi connectivity index (χ0n) is 11.0. The number of alkyl halides is 1. The van der Waals surface area contributed by atoms with Crippen molar-refractivity contribution in [3.8, 4) is 5.75 Å². The van der Waals surface area contributed by atoms with Crippen LogP contribution < -0.4 is 4.74 Å². The Morgan fingerprint density at radius 1 is 1.16 bits per heavy atom. The first-order valence-electron chi connectivity index (χ1n) is 6.13. The van der Waals surface area contributed by atoms with Crippen molar-refractivity contribution in [1.29, 1.82) is 0 Å². The smallest absolute Gasteiger partial charge is 0.133 e. The number of hydrogen-bond acceptors (Lipinski definition) is 1. The molecule has 2 aromatic carbocycles. The van der Waals surface area contributed by atoms with Crippen molar-refractivity contribution in [1.82, 2.24) is 0 Å². The predicted octanol–water partition coefficient (Wildman–Crippen LogP) is 5.44. The lowest BCUT2D eigenvalue weighted by molar-refractivity contribution is 0.412. The quantitative estimate of drug-likeness (QED) is 0.638. The molecule has 0 fully saturated rings. The van der Waals surface area contributed by atoms with Crippen LogP contribution in [0.3, 0.4) is 0 Å². The molecule has 0 aliphatic rings. The fraction of sp³-hybridized carbons (Fsp3) is 0.250. The zero-order chi connectivity index (χ0) is 13.8. The molecule has 100 valence electrons. The van der Waals surface area contributed by atoms with Gasteiger partial charge in [0.1, 0.15) is 5.75 Å². The molecule has 2 aromatic rings. The van der Waals surface area contributed by atoms with Gasteiger partial charge in [-0.1, -0.05) is 51.8 Å². The van der Waals surface area contributed by atoms with Crippen LogP contribution in [0.25, 0.3) is 0 Å². The van der Waals surface area contributed by atoms with Gasteiger partial charge in [-0.3, -0.25) is 0 Å². The number of halogens is 2. The van der Waals surface area contributed by atoms with Crippen LogP contribution in [-0.4, -0.2) is 7.11 Å². The van der Waals surface area contributed by atoms with Gasteiger partial charge in [0, 0.05) is 4.83 Å².